The van der Waals surface area contributed by atoms with E-state index in [9.17, 15) is 9.18 Å². The molecule has 1 aliphatic rings. The third-order valence-electron chi connectivity index (χ3n) is 3.51. The fraction of sp³-hybridized carbons (Fsp3) is 0.500. The average Bonchev–Trinajstić information content (AvgIpc) is 2.42. The molecule has 2 rings (SSSR count). The largest absolute Gasteiger partial charge is 0.396 e. The first-order valence-electron chi connectivity index (χ1n) is 6.50. The lowest BCUT2D eigenvalue weighted by Crippen LogP contribution is -2.44. The van der Waals surface area contributed by atoms with Crippen LogP contribution in [0.3, 0.4) is 0 Å². The molecule has 0 spiro atoms. The van der Waals surface area contributed by atoms with Crippen molar-refractivity contribution < 1.29 is 14.3 Å². The van der Waals surface area contributed by atoms with Crippen LogP contribution in [0.2, 0.25) is 0 Å². The van der Waals surface area contributed by atoms with Gasteiger partial charge in [-0.3, -0.25) is 4.79 Å². The van der Waals surface area contributed by atoms with Crippen molar-refractivity contribution in [1.82, 2.24) is 4.90 Å². The summed E-state index contributed by atoms with van der Waals surface area (Å²) in [6.07, 6.45) is 3.42. The van der Waals surface area contributed by atoms with Crippen LogP contribution >= 0.6 is 15.9 Å². The highest BCUT2D eigenvalue weighted by atomic mass is 79.9. The van der Waals surface area contributed by atoms with Crippen LogP contribution < -0.4 is 0 Å². The van der Waals surface area contributed by atoms with Crippen LogP contribution in [-0.2, 0) is 0 Å². The summed E-state index contributed by atoms with van der Waals surface area (Å²) in [6.45, 7) is 0.685. The Morgan fingerprint density at radius 3 is 3.00 bits per heavy atom. The molecule has 1 unspecified atom stereocenters. The van der Waals surface area contributed by atoms with E-state index in [1.807, 2.05) is 0 Å². The van der Waals surface area contributed by atoms with Gasteiger partial charge in [0.1, 0.15) is 5.82 Å². The first kappa shape index (κ1) is 14.5. The Bertz CT molecular complexity index is 465. The van der Waals surface area contributed by atoms with E-state index in [2.05, 4.69) is 15.9 Å². The van der Waals surface area contributed by atoms with Crippen molar-refractivity contribution in [1.29, 1.82) is 0 Å². The third kappa shape index (κ3) is 3.34. The van der Waals surface area contributed by atoms with Crippen LogP contribution in [0.4, 0.5) is 4.39 Å². The van der Waals surface area contributed by atoms with Gasteiger partial charge in [-0.2, -0.15) is 0 Å². The minimum Gasteiger partial charge on any atom is -0.396 e. The van der Waals surface area contributed by atoms with Crippen molar-refractivity contribution in [2.45, 2.75) is 31.7 Å². The molecule has 0 bridgehead atoms. The Morgan fingerprint density at radius 2 is 2.26 bits per heavy atom. The van der Waals surface area contributed by atoms with Crippen molar-refractivity contribution in [3.05, 3.63) is 34.1 Å². The number of aliphatic hydroxyl groups is 1. The smallest absolute Gasteiger partial charge is 0.257 e. The van der Waals surface area contributed by atoms with E-state index >= 15 is 0 Å². The Hall–Kier alpha value is -0.940. The lowest BCUT2D eigenvalue weighted by molar-refractivity contribution is 0.0570. The van der Waals surface area contributed by atoms with Gasteiger partial charge in [-0.15, -0.1) is 0 Å². The maximum Gasteiger partial charge on any atom is 0.257 e. The molecule has 1 aromatic rings. The van der Waals surface area contributed by atoms with Crippen LogP contribution in [0.15, 0.2) is 22.7 Å². The van der Waals surface area contributed by atoms with Gasteiger partial charge in [0.2, 0.25) is 0 Å². The number of piperidine rings is 1. The zero-order chi connectivity index (χ0) is 13.8. The van der Waals surface area contributed by atoms with E-state index in [0.29, 0.717) is 17.4 Å². The van der Waals surface area contributed by atoms with Gasteiger partial charge in [-0.1, -0.05) is 15.9 Å². The lowest BCUT2D eigenvalue weighted by Gasteiger charge is -2.35. The highest BCUT2D eigenvalue weighted by molar-refractivity contribution is 9.10. The van der Waals surface area contributed by atoms with Gasteiger partial charge in [0.25, 0.3) is 5.91 Å². The van der Waals surface area contributed by atoms with Crippen LogP contribution in [0, 0.1) is 5.82 Å². The minimum atomic E-state index is -0.499. The number of likely N-dealkylation sites (tertiary alicyclic amines) is 1. The first-order chi connectivity index (χ1) is 9.13. The van der Waals surface area contributed by atoms with Crippen LogP contribution in [0.5, 0.6) is 0 Å². The quantitative estimate of drug-likeness (QED) is 0.926. The zero-order valence-corrected chi connectivity index (χ0v) is 12.2. The van der Waals surface area contributed by atoms with Crippen LogP contribution in [-0.4, -0.2) is 35.1 Å². The van der Waals surface area contributed by atoms with E-state index in [1.54, 1.807) is 11.0 Å². The van der Waals surface area contributed by atoms with Gasteiger partial charge < -0.3 is 10.0 Å². The highest BCUT2D eigenvalue weighted by Crippen LogP contribution is 2.24. The molecule has 1 atom stereocenters. The number of benzene rings is 1. The van der Waals surface area contributed by atoms with E-state index < -0.39 is 5.82 Å². The molecule has 0 aromatic heterocycles. The van der Waals surface area contributed by atoms with Gasteiger partial charge in [0, 0.05) is 23.7 Å². The predicted molar refractivity (Wildman–Crippen MR) is 74.5 cm³/mol. The lowest BCUT2D eigenvalue weighted by atomic mass is 9.98. The summed E-state index contributed by atoms with van der Waals surface area (Å²) in [6, 6.07) is 4.41. The number of hydrogen-bond donors (Lipinski definition) is 1. The summed E-state index contributed by atoms with van der Waals surface area (Å²) in [5.74, 6) is -0.779. The summed E-state index contributed by atoms with van der Waals surface area (Å²) >= 11 is 3.26. The number of halogens is 2. The molecule has 19 heavy (non-hydrogen) atoms. The molecule has 1 aromatic carbocycles. The topological polar surface area (TPSA) is 40.5 Å². The molecule has 1 fully saturated rings. The van der Waals surface area contributed by atoms with Gasteiger partial charge in [0.15, 0.2) is 0 Å². The monoisotopic (exact) mass is 329 g/mol. The SMILES string of the molecule is O=C(c1cc(Br)ccc1F)N1CCCCC1CCO. The number of rotatable bonds is 3. The van der Waals surface area contributed by atoms with E-state index in [1.165, 1.54) is 12.1 Å². The van der Waals surface area contributed by atoms with Crippen LogP contribution in [0.25, 0.3) is 0 Å². The Kier molecular flexibility index (Phi) is 4.93. The molecule has 0 radical (unpaired) electrons. The molecule has 0 aliphatic carbocycles. The number of hydrogen-bond acceptors (Lipinski definition) is 2. The second kappa shape index (κ2) is 6.48. The van der Waals surface area contributed by atoms with Crippen LogP contribution in [0.1, 0.15) is 36.0 Å². The Labute approximate surface area is 120 Å². The second-order valence-electron chi connectivity index (χ2n) is 4.78. The maximum atomic E-state index is 13.8. The molecule has 104 valence electrons. The number of carbonyl (C=O) groups excluding carboxylic acids is 1. The summed E-state index contributed by atoms with van der Waals surface area (Å²) in [5, 5.41) is 9.07. The van der Waals surface area contributed by atoms with Crippen molar-refractivity contribution in [2.75, 3.05) is 13.2 Å². The molecular weight excluding hydrogens is 313 g/mol. The normalized spacial score (nSPS) is 19.5. The fourth-order valence-corrected chi connectivity index (χ4v) is 2.89. The van der Waals surface area contributed by atoms with E-state index in [4.69, 9.17) is 5.11 Å². The molecule has 1 heterocycles. The Balaban J connectivity index is 2.23. The summed E-state index contributed by atoms with van der Waals surface area (Å²) < 4.78 is 14.5. The van der Waals surface area contributed by atoms with Crippen molar-refractivity contribution in [3.63, 3.8) is 0 Å². The molecule has 1 saturated heterocycles. The molecule has 5 heteroatoms. The Morgan fingerprint density at radius 1 is 1.47 bits per heavy atom. The van der Waals surface area contributed by atoms with Gasteiger partial charge in [-0.05, 0) is 43.9 Å². The van der Waals surface area contributed by atoms with E-state index in [-0.39, 0.29) is 24.1 Å². The summed E-state index contributed by atoms with van der Waals surface area (Å²) in [7, 11) is 0. The average molecular weight is 330 g/mol. The summed E-state index contributed by atoms with van der Waals surface area (Å²) in [4.78, 5) is 14.1. The molecule has 1 aliphatic heterocycles. The fourth-order valence-electron chi connectivity index (χ4n) is 2.53. The molecule has 1 amide bonds. The minimum absolute atomic E-state index is 0.0182. The first-order valence-corrected chi connectivity index (χ1v) is 7.29. The maximum absolute atomic E-state index is 13.8. The molecule has 0 saturated carbocycles. The number of aliphatic hydroxyl groups excluding tert-OH is 1. The molecular formula is C14H17BrFNO2. The van der Waals surface area contributed by atoms with Crippen molar-refractivity contribution in [3.8, 4) is 0 Å². The number of amides is 1. The van der Waals surface area contributed by atoms with Gasteiger partial charge >= 0.3 is 0 Å². The van der Waals surface area contributed by atoms with Crippen molar-refractivity contribution >= 4 is 21.8 Å². The zero-order valence-electron chi connectivity index (χ0n) is 10.6. The molecule has 3 nitrogen and oxygen atoms in total. The number of carbonyl (C=O) groups is 1. The van der Waals surface area contributed by atoms with Gasteiger partial charge in [-0.25, -0.2) is 4.39 Å². The standard InChI is InChI=1S/C14H17BrFNO2/c15-10-4-5-13(16)12(9-10)14(19)17-7-2-1-3-11(17)6-8-18/h4-5,9,11,18H,1-3,6-8H2. The molecule has 1 N–H and O–H groups in total. The predicted octanol–water partition coefficient (Wildman–Crippen LogP) is 2.97. The number of nitrogens with zero attached hydrogens (tertiary/aromatic N) is 1. The summed E-state index contributed by atoms with van der Waals surface area (Å²) in [5.41, 5.74) is 0.0965. The third-order valence-corrected chi connectivity index (χ3v) is 4.00. The second-order valence-corrected chi connectivity index (χ2v) is 5.70. The van der Waals surface area contributed by atoms with E-state index in [0.717, 1.165) is 19.3 Å². The highest BCUT2D eigenvalue weighted by Gasteiger charge is 2.28. The van der Waals surface area contributed by atoms with Gasteiger partial charge in [0.05, 0.1) is 5.56 Å². The van der Waals surface area contributed by atoms with Crippen molar-refractivity contribution in [2.24, 2.45) is 0 Å².